The van der Waals surface area contributed by atoms with Crippen LogP contribution in [0.25, 0.3) is 22.4 Å². The summed E-state index contributed by atoms with van der Waals surface area (Å²) in [5, 5.41) is 5.57. The van der Waals surface area contributed by atoms with E-state index in [4.69, 9.17) is 16.3 Å². The molecule has 1 saturated heterocycles. The molecule has 0 bridgehead atoms. The van der Waals surface area contributed by atoms with E-state index in [1.807, 2.05) is 5.32 Å². The van der Waals surface area contributed by atoms with E-state index in [9.17, 15) is 22.4 Å². The zero-order valence-electron chi connectivity index (χ0n) is 16.4. The highest BCUT2D eigenvalue weighted by Crippen LogP contribution is 2.31. The van der Waals surface area contributed by atoms with Crippen molar-refractivity contribution in [1.29, 1.82) is 0 Å². The van der Waals surface area contributed by atoms with E-state index in [0.29, 0.717) is 21.6 Å². The molecule has 13 heteroatoms. The van der Waals surface area contributed by atoms with Gasteiger partial charge in [-0.1, -0.05) is 11.6 Å². The van der Waals surface area contributed by atoms with E-state index in [1.165, 1.54) is 6.20 Å². The highest BCUT2D eigenvalue weighted by molar-refractivity contribution is 6.31. The normalized spacial score (nSPS) is 16.2. The average molecular weight is 473 g/mol. The summed E-state index contributed by atoms with van der Waals surface area (Å²) in [6.07, 6.45) is -0.575. The number of rotatable bonds is 5. The molecule has 0 radical (unpaired) electrons. The number of amides is 1. The van der Waals surface area contributed by atoms with Crippen LogP contribution in [0.2, 0.25) is 5.02 Å². The Hall–Kier alpha value is -2.99. The van der Waals surface area contributed by atoms with Crippen molar-refractivity contribution in [3.8, 4) is 11.4 Å². The monoisotopic (exact) mass is 472 g/mol. The average Bonchev–Trinajstić information content (AvgIpc) is 3.17. The molecule has 3 aromatic rings. The van der Waals surface area contributed by atoms with Crippen molar-refractivity contribution in [2.75, 3.05) is 25.1 Å². The lowest BCUT2D eigenvalue weighted by molar-refractivity contribution is -0.142. The molecule has 1 amide bonds. The summed E-state index contributed by atoms with van der Waals surface area (Å²) >= 11 is 6.01. The summed E-state index contributed by atoms with van der Waals surface area (Å²) < 4.78 is 57.6. The van der Waals surface area contributed by atoms with Crippen molar-refractivity contribution >= 4 is 34.4 Å². The Bertz CT molecular complexity index is 1150. The zero-order valence-corrected chi connectivity index (χ0v) is 17.1. The Kier molecular flexibility index (Phi) is 5.91. The predicted molar refractivity (Wildman–Crippen MR) is 108 cm³/mol. The molecule has 32 heavy (non-hydrogen) atoms. The third kappa shape index (κ3) is 4.60. The smallest absolute Gasteiger partial charge is 0.381 e. The number of halogens is 5. The molecule has 4 rings (SSSR count). The van der Waals surface area contributed by atoms with Gasteiger partial charge in [0.2, 0.25) is 5.91 Å². The topological polar surface area (TPSA) is 105 Å². The summed E-state index contributed by atoms with van der Waals surface area (Å²) in [6, 6.07) is 1.64. The molecule has 3 N–H and O–H groups in total. The van der Waals surface area contributed by atoms with Gasteiger partial charge in [0.15, 0.2) is 17.5 Å². The van der Waals surface area contributed by atoms with E-state index in [1.54, 1.807) is 12.3 Å². The van der Waals surface area contributed by atoms with Crippen molar-refractivity contribution in [1.82, 2.24) is 25.3 Å². The van der Waals surface area contributed by atoms with Crippen LogP contribution in [0.3, 0.4) is 0 Å². The van der Waals surface area contributed by atoms with Crippen LogP contribution in [0.15, 0.2) is 24.7 Å². The minimum atomic E-state index is -4.58. The molecule has 0 spiro atoms. The summed E-state index contributed by atoms with van der Waals surface area (Å²) in [5.74, 6) is -1.98. The van der Waals surface area contributed by atoms with Gasteiger partial charge >= 0.3 is 6.18 Å². The van der Waals surface area contributed by atoms with Crippen molar-refractivity contribution in [2.24, 2.45) is 0 Å². The van der Waals surface area contributed by atoms with Crippen LogP contribution in [0, 0.1) is 5.82 Å². The lowest BCUT2D eigenvalue weighted by Gasteiger charge is -2.37. The van der Waals surface area contributed by atoms with Crippen LogP contribution in [0.4, 0.5) is 23.4 Å². The molecule has 1 aliphatic rings. The number of hydrogen-bond donors (Lipinski definition) is 3. The third-order valence-electron chi connectivity index (χ3n) is 5.07. The number of nitrogens with one attached hydrogen (secondary N) is 3. The van der Waals surface area contributed by atoms with E-state index in [-0.39, 0.29) is 37.7 Å². The van der Waals surface area contributed by atoms with Gasteiger partial charge in [-0.3, -0.25) is 4.79 Å². The van der Waals surface area contributed by atoms with E-state index >= 15 is 0 Å². The molecule has 170 valence electrons. The molecule has 0 saturated carbocycles. The Morgan fingerprint density at radius 1 is 1.25 bits per heavy atom. The fraction of sp³-hybridized carbons (Fsp3) is 0.368. The van der Waals surface area contributed by atoms with Crippen LogP contribution < -0.4 is 10.6 Å². The fourth-order valence-corrected chi connectivity index (χ4v) is 3.61. The molecule has 0 unspecified atom stereocenters. The van der Waals surface area contributed by atoms with Gasteiger partial charge < -0.3 is 20.4 Å². The predicted octanol–water partition coefficient (Wildman–Crippen LogP) is 3.45. The molecule has 8 nitrogen and oxygen atoms in total. The second kappa shape index (κ2) is 8.51. The Morgan fingerprint density at radius 2 is 2.00 bits per heavy atom. The summed E-state index contributed by atoms with van der Waals surface area (Å²) in [5.41, 5.74) is -0.527. The summed E-state index contributed by atoms with van der Waals surface area (Å²) in [7, 11) is 0. The number of H-pyrrole nitrogens is 1. The van der Waals surface area contributed by atoms with Crippen molar-refractivity contribution in [2.45, 2.75) is 24.6 Å². The van der Waals surface area contributed by atoms with Gasteiger partial charge in [0.25, 0.3) is 0 Å². The van der Waals surface area contributed by atoms with Crippen molar-refractivity contribution in [3.05, 3.63) is 35.5 Å². The van der Waals surface area contributed by atoms with Crippen molar-refractivity contribution < 1.29 is 27.1 Å². The minimum Gasteiger partial charge on any atom is -0.381 e. The largest absolute Gasteiger partial charge is 0.405 e. The highest BCUT2D eigenvalue weighted by atomic mass is 35.5. The maximum absolute atomic E-state index is 14.6. The van der Waals surface area contributed by atoms with E-state index < -0.39 is 30.0 Å². The van der Waals surface area contributed by atoms with Gasteiger partial charge in [0, 0.05) is 49.4 Å². The van der Waals surface area contributed by atoms with Gasteiger partial charge in [0.1, 0.15) is 17.7 Å². The Balaban J connectivity index is 1.67. The van der Waals surface area contributed by atoms with Gasteiger partial charge in [-0.05, 0) is 6.07 Å². The third-order valence-corrected chi connectivity index (χ3v) is 5.28. The maximum atomic E-state index is 14.6. The number of hydrogen-bond acceptors (Lipinski definition) is 6. The number of carbonyl (C=O) groups excluding carboxylic acids is 1. The lowest BCUT2D eigenvalue weighted by atomic mass is 9.88. The molecule has 1 fully saturated rings. The molecule has 4 heterocycles. The quantitative estimate of drug-likeness (QED) is 0.491. The highest BCUT2D eigenvalue weighted by Gasteiger charge is 2.42. The standard InChI is InChI=1S/C19H17ClF4N6O2/c20-10-5-11-12(7-26-14(11)25-6-10)15-27-8-13(21)16(29-15)30-18(1-3-32-4-2-18)17(31)28-9-19(22,23)24/h5-8H,1-4,9H2,(H,25,26)(H,28,31)(H,27,29,30). The second-order valence-electron chi connectivity index (χ2n) is 7.26. The van der Waals surface area contributed by atoms with Gasteiger partial charge in [-0.15, -0.1) is 0 Å². The van der Waals surface area contributed by atoms with Crippen LogP contribution in [-0.2, 0) is 9.53 Å². The maximum Gasteiger partial charge on any atom is 0.405 e. The first-order valence-corrected chi connectivity index (χ1v) is 9.91. The molecule has 1 aliphatic heterocycles. The number of alkyl halides is 3. The molecule has 0 aliphatic carbocycles. The first-order valence-electron chi connectivity index (χ1n) is 9.53. The molecular weight excluding hydrogens is 456 g/mol. The Labute approximate surface area is 183 Å². The summed E-state index contributed by atoms with van der Waals surface area (Å²) in [6.45, 7) is -1.28. The SMILES string of the molecule is O=C(NCC(F)(F)F)C1(Nc2nc(-c3c[nH]c4ncc(Cl)cc34)ncc2F)CCOCC1. The van der Waals surface area contributed by atoms with E-state index in [2.05, 4.69) is 25.3 Å². The van der Waals surface area contributed by atoms with Crippen LogP contribution >= 0.6 is 11.6 Å². The molecular formula is C19H17ClF4N6O2. The van der Waals surface area contributed by atoms with Gasteiger partial charge in [-0.25, -0.2) is 19.3 Å². The number of anilines is 1. The molecule has 0 atom stereocenters. The number of aromatic nitrogens is 4. The fourth-order valence-electron chi connectivity index (χ4n) is 3.45. The van der Waals surface area contributed by atoms with Gasteiger partial charge in [0.05, 0.1) is 11.2 Å². The second-order valence-corrected chi connectivity index (χ2v) is 7.70. The van der Waals surface area contributed by atoms with E-state index in [0.717, 1.165) is 6.20 Å². The zero-order chi connectivity index (χ0) is 22.9. The number of fused-ring (bicyclic) bond motifs is 1. The van der Waals surface area contributed by atoms with Crippen LogP contribution in [0.1, 0.15) is 12.8 Å². The van der Waals surface area contributed by atoms with Crippen LogP contribution in [-0.4, -0.2) is 57.3 Å². The lowest BCUT2D eigenvalue weighted by Crippen LogP contribution is -2.57. The van der Waals surface area contributed by atoms with Gasteiger partial charge in [-0.2, -0.15) is 13.2 Å². The number of carbonyl (C=O) groups is 1. The number of aromatic amines is 1. The first-order chi connectivity index (χ1) is 15.2. The Morgan fingerprint density at radius 3 is 2.72 bits per heavy atom. The van der Waals surface area contributed by atoms with Crippen LogP contribution in [0.5, 0.6) is 0 Å². The molecule has 3 aromatic heterocycles. The van der Waals surface area contributed by atoms with Crippen molar-refractivity contribution in [3.63, 3.8) is 0 Å². The number of ether oxygens (including phenoxy) is 1. The number of pyridine rings is 1. The summed E-state index contributed by atoms with van der Waals surface area (Å²) in [4.78, 5) is 28.0. The minimum absolute atomic E-state index is 0.0298. The first kappa shape index (κ1) is 22.2. The molecule has 0 aromatic carbocycles. The number of nitrogens with zero attached hydrogens (tertiary/aromatic N) is 3.